The van der Waals surface area contributed by atoms with E-state index in [0.717, 1.165) is 56.4 Å². The molecule has 0 aromatic carbocycles. The fourth-order valence-corrected chi connectivity index (χ4v) is 2.38. The van der Waals surface area contributed by atoms with Crippen molar-refractivity contribution < 1.29 is 19.5 Å². The zero-order valence-electron chi connectivity index (χ0n) is 12.1. The first-order valence-electron chi connectivity index (χ1n) is 7.09. The summed E-state index contributed by atoms with van der Waals surface area (Å²) in [4.78, 5) is 32.1. The molecule has 0 aliphatic carbocycles. The average Bonchev–Trinajstić information content (AvgIpc) is 2.38. The SMILES string of the molecule is CC(=O)SCCCCCCCCCC(=O)/C=C\C(=O)O. The molecule has 0 bridgehead atoms. The average molecular weight is 300 g/mol. The summed E-state index contributed by atoms with van der Waals surface area (Å²) in [5.74, 6) is -0.283. The normalized spacial score (nSPS) is 10.8. The van der Waals surface area contributed by atoms with Gasteiger partial charge in [-0.3, -0.25) is 9.59 Å². The number of aliphatic carboxylic acids is 1. The maximum Gasteiger partial charge on any atom is 0.328 e. The summed E-state index contributed by atoms with van der Waals surface area (Å²) in [6.45, 7) is 1.59. The highest BCUT2D eigenvalue weighted by Gasteiger charge is 1.99. The van der Waals surface area contributed by atoms with Crippen molar-refractivity contribution in [3.05, 3.63) is 12.2 Å². The number of allylic oxidation sites excluding steroid dienone is 1. The Morgan fingerprint density at radius 3 is 2.00 bits per heavy atom. The minimum Gasteiger partial charge on any atom is -0.478 e. The van der Waals surface area contributed by atoms with Crippen LogP contribution >= 0.6 is 11.8 Å². The van der Waals surface area contributed by atoms with Gasteiger partial charge in [-0.25, -0.2) is 4.79 Å². The van der Waals surface area contributed by atoms with Crippen LogP contribution in [0.3, 0.4) is 0 Å². The Bertz CT molecular complexity index is 337. The molecule has 1 N–H and O–H groups in total. The van der Waals surface area contributed by atoms with Crippen molar-refractivity contribution in [2.75, 3.05) is 5.75 Å². The molecule has 0 amide bonds. The number of carboxylic acids is 1. The Kier molecular flexibility index (Phi) is 12.2. The van der Waals surface area contributed by atoms with Gasteiger partial charge >= 0.3 is 5.97 Å². The molecule has 0 unspecified atom stereocenters. The van der Waals surface area contributed by atoms with E-state index in [1.165, 1.54) is 18.2 Å². The lowest BCUT2D eigenvalue weighted by Gasteiger charge is -2.01. The summed E-state index contributed by atoms with van der Waals surface area (Å²) in [5, 5.41) is 8.55. The van der Waals surface area contributed by atoms with E-state index in [4.69, 9.17) is 5.11 Å². The lowest BCUT2D eigenvalue weighted by Crippen LogP contribution is -1.95. The van der Waals surface area contributed by atoms with Crippen molar-refractivity contribution in [2.24, 2.45) is 0 Å². The van der Waals surface area contributed by atoms with E-state index < -0.39 is 5.97 Å². The lowest BCUT2D eigenvalue weighted by molar-refractivity contribution is -0.131. The zero-order chi connectivity index (χ0) is 15.2. The van der Waals surface area contributed by atoms with E-state index in [1.807, 2.05) is 0 Å². The fraction of sp³-hybridized carbons (Fsp3) is 0.667. The van der Waals surface area contributed by atoms with Crippen LogP contribution in [-0.2, 0) is 14.4 Å². The molecule has 0 aromatic rings. The van der Waals surface area contributed by atoms with Gasteiger partial charge in [-0.2, -0.15) is 0 Å². The molecular weight excluding hydrogens is 276 g/mol. The highest BCUT2D eigenvalue weighted by Crippen LogP contribution is 2.11. The van der Waals surface area contributed by atoms with E-state index in [9.17, 15) is 14.4 Å². The van der Waals surface area contributed by atoms with Gasteiger partial charge in [-0.05, 0) is 18.9 Å². The monoisotopic (exact) mass is 300 g/mol. The van der Waals surface area contributed by atoms with Gasteiger partial charge in [0.2, 0.25) is 0 Å². The summed E-state index contributed by atoms with van der Waals surface area (Å²) in [6.07, 6.45) is 9.96. The number of unbranched alkanes of at least 4 members (excludes halogenated alkanes) is 6. The first-order chi connectivity index (χ1) is 9.52. The van der Waals surface area contributed by atoms with E-state index in [2.05, 4.69) is 0 Å². The van der Waals surface area contributed by atoms with E-state index >= 15 is 0 Å². The molecule has 0 heterocycles. The number of hydrogen-bond acceptors (Lipinski definition) is 4. The molecule has 4 nitrogen and oxygen atoms in total. The first-order valence-corrected chi connectivity index (χ1v) is 8.08. The van der Waals surface area contributed by atoms with Crippen LogP contribution in [0.1, 0.15) is 58.3 Å². The van der Waals surface area contributed by atoms with Gasteiger partial charge in [-0.15, -0.1) is 0 Å². The molecule has 0 aromatic heterocycles. The first kappa shape index (κ1) is 18.9. The minimum absolute atomic E-state index is 0.117. The molecule has 20 heavy (non-hydrogen) atoms. The second kappa shape index (κ2) is 12.9. The van der Waals surface area contributed by atoms with Gasteiger partial charge < -0.3 is 5.11 Å². The van der Waals surface area contributed by atoms with Gasteiger partial charge in [0.15, 0.2) is 10.9 Å². The highest BCUT2D eigenvalue weighted by molar-refractivity contribution is 8.13. The molecule has 0 saturated carbocycles. The molecule has 5 heteroatoms. The minimum atomic E-state index is -1.08. The smallest absolute Gasteiger partial charge is 0.328 e. The lowest BCUT2D eigenvalue weighted by atomic mass is 10.1. The molecule has 0 radical (unpaired) electrons. The summed E-state index contributed by atoms with van der Waals surface area (Å²) < 4.78 is 0. The molecule has 0 saturated heterocycles. The molecule has 0 aliphatic heterocycles. The molecule has 0 rings (SSSR count). The third-order valence-electron chi connectivity index (χ3n) is 2.78. The van der Waals surface area contributed by atoms with Crippen LogP contribution in [0.15, 0.2) is 12.2 Å². The van der Waals surface area contributed by atoms with Crippen LogP contribution in [0, 0.1) is 0 Å². The Balaban J connectivity index is 3.26. The Morgan fingerprint density at radius 2 is 1.45 bits per heavy atom. The number of carboxylic acid groups (broad SMARTS) is 1. The fourth-order valence-electron chi connectivity index (χ4n) is 1.75. The molecule has 0 spiro atoms. The van der Waals surface area contributed by atoms with Crippen LogP contribution in [0.2, 0.25) is 0 Å². The second-order valence-electron chi connectivity index (χ2n) is 4.70. The van der Waals surface area contributed by atoms with Crippen molar-refractivity contribution in [1.29, 1.82) is 0 Å². The predicted octanol–water partition coefficient (Wildman–Crippen LogP) is 3.60. The largest absolute Gasteiger partial charge is 0.478 e. The van der Waals surface area contributed by atoms with E-state index in [-0.39, 0.29) is 10.9 Å². The van der Waals surface area contributed by atoms with Crippen molar-refractivity contribution >= 4 is 28.6 Å². The van der Waals surface area contributed by atoms with Crippen LogP contribution in [0.5, 0.6) is 0 Å². The summed E-state index contributed by atoms with van der Waals surface area (Å²) in [5.41, 5.74) is 0. The quantitative estimate of drug-likeness (QED) is 0.440. The summed E-state index contributed by atoms with van der Waals surface area (Å²) in [6, 6.07) is 0. The van der Waals surface area contributed by atoms with Gasteiger partial charge in [0.1, 0.15) is 0 Å². The van der Waals surface area contributed by atoms with Crippen molar-refractivity contribution in [3.8, 4) is 0 Å². The molecule has 0 atom stereocenters. The topological polar surface area (TPSA) is 71.4 Å². The zero-order valence-corrected chi connectivity index (χ0v) is 12.9. The second-order valence-corrected chi connectivity index (χ2v) is 5.97. The Hall–Kier alpha value is -1.10. The number of carbonyl (C=O) groups excluding carboxylic acids is 2. The van der Waals surface area contributed by atoms with Crippen molar-refractivity contribution in [2.45, 2.75) is 58.3 Å². The standard InChI is InChI=1S/C15H24O4S/c1-13(16)20-12-8-6-4-2-3-5-7-9-14(17)10-11-15(18)19/h10-11H,2-9,12H2,1H3,(H,18,19)/b11-10-. The van der Waals surface area contributed by atoms with E-state index in [0.29, 0.717) is 6.42 Å². The predicted molar refractivity (Wildman–Crippen MR) is 81.9 cm³/mol. The molecular formula is C15H24O4S. The van der Waals surface area contributed by atoms with Gasteiger partial charge in [-0.1, -0.05) is 43.9 Å². The van der Waals surface area contributed by atoms with Gasteiger partial charge in [0, 0.05) is 25.2 Å². The van der Waals surface area contributed by atoms with Crippen LogP contribution < -0.4 is 0 Å². The Morgan fingerprint density at radius 1 is 0.900 bits per heavy atom. The number of carbonyl (C=O) groups is 3. The Labute approximate surface area is 125 Å². The maximum absolute atomic E-state index is 11.2. The maximum atomic E-state index is 11.2. The van der Waals surface area contributed by atoms with Crippen LogP contribution in [-0.4, -0.2) is 27.7 Å². The van der Waals surface area contributed by atoms with Crippen LogP contribution in [0.25, 0.3) is 0 Å². The van der Waals surface area contributed by atoms with Crippen LogP contribution in [0.4, 0.5) is 0 Å². The number of ketones is 1. The summed E-state index contributed by atoms with van der Waals surface area (Å²) in [7, 11) is 0. The van der Waals surface area contributed by atoms with Gasteiger partial charge in [0.05, 0.1) is 0 Å². The number of thioether (sulfide) groups is 1. The number of hydrogen-bond donors (Lipinski definition) is 1. The van der Waals surface area contributed by atoms with Crippen molar-refractivity contribution in [1.82, 2.24) is 0 Å². The van der Waals surface area contributed by atoms with E-state index in [1.54, 1.807) is 6.92 Å². The molecule has 114 valence electrons. The highest BCUT2D eigenvalue weighted by atomic mass is 32.2. The van der Waals surface area contributed by atoms with Crippen molar-refractivity contribution in [3.63, 3.8) is 0 Å². The summed E-state index contributed by atoms with van der Waals surface area (Å²) >= 11 is 1.39. The number of rotatable bonds is 12. The molecule has 0 fully saturated rings. The third kappa shape index (κ3) is 15.0. The molecule has 0 aliphatic rings. The third-order valence-corrected chi connectivity index (χ3v) is 3.68. The van der Waals surface area contributed by atoms with Gasteiger partial charge in [0.25, 0.3) is 0 Å².